The number of hydrogen-bond donors (Lipinski definition) is 2. The van der Waals surface area contributed by atoms with Crippen LogP contribution in [0.5, 0.6) is 0 Å². The van der Waals surface area contributed by atoms with Crippen LogP contribution in [0.25, 0.3) is 0 Å². The Morgan fingerprint density at radius 2 is 1.81 bits per heavy atom. The fourth-order valence-electron chi connectivity index (χ4n) is 1.97. The molecule has 0 aliphatic heterocycles. The summed E-state index contributed by atoms with van der Waals surface area (Å²) in [7, 11) is -4.05. The van der Waals surface area contributed by atoms with Crippen LogP contribution in [0.2, 0.25) is 0 Å². The van der Waals surface area contributed by atoms with E-state index in [1.54, 1.807) is 23.9 Å². The maximum Gasteiger partial charge on any atom is 0.338 e. The Hall–Kier alpha value is -2.82. The second-order valence-electron chi connectivity index (χ2n) is 5.18. The van der Waals surface area contributed by atoms with E-state index in [1.165, 1.54) is 12.1 Å². The second-order valence-corrected chi connectivity index (χ2v) is 6.82. The number of carbonyl (C=O) groups excluding carboxylic acids is 2. The molecule has 1 amide bonds. The van der Waals surface area contributed by atoms with E-state index in [0.29, 0.717) is 5.69 Å². The van der Waals surface area contributed by atoms with Gasteiger partial charge in [0.15, 0.2) is 0 Å². The molecule has 0 aromatic heterocycles. The molecule has 0 heterocycles. The standard InChI is InChI=1S/C17H17FN2O6S/c1-2-25-17(22)12-4-3-5-14(10-12)19-16(21)11-26-20-27(23,24)15-8-6-13(18)7-9-15/h3-10,20H,2,11H2,1H3,(H,19,21). The number of rotatable bonds is 8. The first-order valence-electron chi connectivity index (χ1n) is 7.78. The van der Waals surface area contributed by atoms with Crippen LogP contribution in [0.3, 0.4) is 0 Å². The largest absolute Gasteiger partial charge is 0.462 e. The fraction of sp³-hybridized carbons (Fsp3) is 0.176. The van der Waals surface area contributed by atoms with Crippen LogP contribution < -0.4 is 10.2 Å². The van der Waals surface area contributed by atoms with Crippen LogP contribution in [0.1, 0.15) is 17.3 Å². The number of benzene rings is 2. The molecule has 0 spiro atoms. The lowest BCUT2D eigenvalue weighted by molar-refractivity contribution is -0.121. The summed E-state index contributed by atoms with van der Waals surface area (Å²) in [6.07, 6.45) is 0. The van der Waals surface area contributed by atoms with Crippen LogP contribution in [-0.2, 0) is 24.4 Å². The predicted octanol–water partition coefficient (Wildman–Crippen LogP) is 1.85. The lowest BCUT2D eigenvalue weighted by atomic mass is 10.2. The van der Waals surface area contributed by atoms with Crippen molar-refractivity contribution in [2.45, 2.75) is 11.8 Å². The van der Waals surface area contributed by atoms with Gasteiger partial charge in [-0.05, 0) is 49.4 Å². The molecule has 10 heteroatoms. The molecule has 2 N–H and O–H groups in total. The van der Waals surface area contributed by atoms with Gasteiger partial charge in [-0.1, -0.05) is 11.0 Å². The molecule has 8 nitrogen and oxygen atoms in total. The summed E-state index contributed by atoms with van der Waals surface area (Å²) in [4.78, 5) is 29.8. The van der Waals surface area contributed by atoms with Crippen LogP contribution in [0, 0.1) is 5.82 Å². The van der Waals surface area contributed by atoms with Gasteiger partial charge in [-0.2, -0.15) is 0 Å². The van der Waals surface area contributed by atoms with E-state index < -0.39 is 34.3 Å². The monoisotopic (exact) mass is 396 g/mol. The van der Waals surface area contributed by atoms with E-state index in [1.807, 2.05) is 0 Å². The Kier molecular flexibility index (Phi) is 6.99. The number of hydrogen-bond acceptors (Lipinski definition) is 6. The van der Waals surface area contributed by atoms with E-state index in [-0.39, 0.29) is 17.1 Å². The second kappa shape index (κ2) is 9.21. The van der Waals surface area contributed by atoms with Gasteiger partial charge in [0.25, 0.3) is 15.9 Å². The molecule has 0 saturated carbocycles. The van der Waals surface area contributed by atoms with Gasteiger partial charge in [0.2, 0.25) is 0 Å². The molecule has 0 radical (unpaired) electrons. The fourth-order valence-corrected chi connectivity index (χ4v) is 2.77. The number of esters is 1. The highest BCUT2D eigenvalue weighted by molar-refractivity contribution is 7.89. The number of amides is 1. The highest BCUT2D eigenvalue weighted by Gasteiger charge is 2.15. The molecule has 144 valence electrons. The number of halogens is 1. The number of anilines is 1. The zero-order chi connectivity index (χ0) is 19.9. The summed E-state index contributed by atoms with van der Waals surface area (Å²) in [5.74, 6) is -1.77. The van der Waals surface area contributed by atoms with Crippen LogP contribution in [0.4, 0.5) is 10.1 Å². The van der Waals surface area contributed by atoms with E-state index >= 15 is 0 Å². The molecular weight excluding hydrogens is 379 g/mol. The maximum atomic E-state index is 12.8. The highest BCUT2D eigenvalue weighted by atomic mass is 32.2. The molecule has 0 saturated heterocycles. The molecule has 0 unspecified atom stereocenters. The summed E-state index contributed by atoms with van der Waals surface area (Å²) in [6, 6.07) is 10.1. The number of ether oxygens (including phenoxy) is 1. The first-order chi connectivity index (χ1) is 12.8. The molecule has 0 fully saturated rings. The van der Waals surface area contributed by atoms with E-state index in [2.05, 4.69) is 5.32 Å². The lowest BCUT2D eigenvalue weighted by Crippen LogP contribution is -2.29. The van der Waals surface area contributed by atoms with Crippen LogP contribution in [0.15, 0.2) is 53.4 Å². The molecule has 0 aliphatic rings. The average Bonchev–Trinajstić information content (AvgIpc) is 2.62. The molecule has 2 rings (SSSR count). The smallest absolute Gasteiger partial charge is 0.338 e. The van der Waals surface area contributed by atoms with Gasteiger partial charge in [0.1, 0.15) is 12.4 Å². The zero-order valence-electron chi connectivity index (χ0n) is 14.3. The van der Waals surface area contributed by atoms with Crippen molar-refractivity contribution in [3.05, 3.63) is 59.9 Å². The third kappa shape index (κ3) is 6.13. The lowest BCUT2D eigenvalue weighted by Gasteiger charge is -2.09. The molecule has 0 atom stereocenters. The van der Waals surface area contributed by atoms with Gasteiger partial charge < -0.3 is 10.1 Å². The van der Waals surface area contributed by atoms with Crippen molar-refractivity contribution in [3.8, 4) is 0 Å². The van der Waals surface area contributed by atoms with Gasteiger partial charge in [-0.3, -0.25) is 9.63 Å². The van der Waals surface area contributed by atoms with Gasteiger partial charge in [-0.25, -0.2) is 17.6 Å². The molecular formula is C17H17FN2O6S. The minimum atomic E-state index is -4.05. The predicted molar refractivity (Wildman–Crippen MR) is 93.7 cm³/mol. The van der Waals surface area contributed by atoms with Gasteiger partial charge in [0.05, 0.1) is 17.1 Å². The summed E-state index contributed by atoms with van der Waals surface area (Å²) >= 11 is 0. The summed E-state index contributed by atoms with van der Waals surface area (Å²) in [5.41, 5.74) is 0.572. The summed E-state index contributed by atoms with van der Waals surface area (Å²) < 4.78 is 41.5. The first kappa shape index (κ1) is 20.5. The van der Waals surface area contributed by atoms with E-state index in [9.17, 15) is 22.4 Å². The average molecular weight is 396 g/mol. The van der Waals surface area contributed by atoms with Crippen LogP contribution in [-0.4, -0.2) is 33.5 Å². The molecule has 2 aromatic carbocycles. The SMILES string of the molecule is CCOC(=O)c1cccc(NC(=O)CONS(=O)(=O)c2ccc(F)cc2)c1. The van der Waals surface area contributed by atoms with E-state index in [4.69, 9.17) is 9.57 Å². The first-order valence-corrected chi connectivity index (χ1v) is 9.26. The number of nitrogens with one attached hydrogen (secondary N) is 2. The van der Waals surface area contributed by atoms with Crippen molar-refractivity contribution >= 4 is 27.6 Å². The van der Waals surface area contributed by atoms with Crippen LogP contribution >= 0.6 is 0 Å². The molecule has 27 heavy (non-hydrogen) atoms. The Balaban J connectivity index is 1.88. The van der Waals surface area contributed by atoms with Gasteiger partial charge in [0, 0.05) is 5.69 Å². The maximum absolute atomic E-state index is 12.8. The van der Waals surface area contributed by atoms with E-state index in [0.717, 1.165) is 24.3 Å². The third-order valence-electron chi connectivity index (χ3n) is 3.15. The third-order valence-corrected chi connectivity index (χ3v) is 4.38. The van der Waals surface area contributed by atoms with Gasteiger partial charge in [-0.15, -0.1) is 0 Å². The van der Waals surface area contributed by atoms with Crippen molar-refractivity contribution in [3.63, 3.8) is 0 Å². The minimum absolute atomic E-state index is 0.216. The zero-order valence-corrected chi connectivity index (χ0v) is 15.1. The number of carbonyl (C=O) groups is 2. The summed E-state index contributed by atoms with van der Waals surface area (Å²) in [6.45, 7) is 1.27. The Morgan fingerprint density at radius 3 is 2.48 bits per heavy atom. The molecule has 0 aliphatic carbocycles. The Morgan fingerprint density at radius 1 is 1.11 bits per heavy atom. The van der Waals surface area contributed by atoms with Crippen molar-refractivity contribution in [2.24, 2.45) is 0 Å². The van der Waals surface area contributed by atoms with Crippen molar-refractivity contribution in [1.82, 2.24) is 4.89 Å². The number of sulfonamides is 1. The highest BCUT2D eigenvalue weighted by Crippen LogP contribution is 2.12. The minimum Gasteiger partial charge on any atom is -0.462 e. The van der Waals surface area contributed by atoms with Crippen molar-refractivity contribution in [1.29, 1.82) is 0 Å². The molecule has 0 bridgehead atoms. The topological polar surface area (TPSA) is 111 Å². The Labute approximate surface area is 155 Å². The normalized spacial score (nSPS) is 11.0. The van der Waals surface area contributed by atoms with Gasteiger partial charge >= 0.3 is 5.97 Å². The Bertz CT molecular complexity index is 915. The summed E-state index contributed by atoms with van der Waals surface area (Å²) in [5, 5.41) is 2.46. The van der Waals surface area contributed by atoms with Crippen molar-refractivity contribution in [2.75, 3.05) is 18.5 Å². The molecule has 2 aromatic rings. The quantitative estimate of drug-likeness (QED) is 0.520. The van der Waals surface area contributed by atoms with Crippen molar-refractivity contribution < 1.29 is 32.0 Å².